The molecule has 2 fully saturated rings. The van der Waals surface area contributed by atoms with Crippen molar-refractivity contribution in [1.29, 1.82) is 0 Å². The molecule has 3 unspecified atom stereocenters. The summed E-state index contributed by atoms with van der Waals surface area (Å²) in [4.78, 5) is 21.9. The molecule has 0 amide bonds. The van der Waals surface area contributed by atoms with Gasteiger partial charge in [-0.25, -0.2) is 9.59 Å². The van der Waals surface area contributed by atoms with Gasteiger partial charge in [-0.2, -0.15) is 0 Å². The molecule has 2 aliphatic rings. The maximum absolute atomic E-state index is 11.2. The highest BCUT2D eigenvalue weighted by Gasteiger charge is 2.43. The molecule has 5 nitrogen and oxygen atoms in total. The lowest BCUT2D eigenvalue weighted by Gasteiger charge is -2.18. The maximum Gasteiger partial charge on any atom is 0.344 e. The van der Waals surface area contributed by atoms with Crippen LogP contribution in [0.5, 0.6) is 0 Å². The molecular weight excluding hydrogens is 224 g/mol. The summed E-state index contributed by atoms with van der Waals surface area (Å²) in [6.07, 6.45) is 4.89. The Bertz CT molecular complexity index is 325. The van der Waals surface area contributed by atoms with Crippen LogP contribution in [0.15, 0.2) is 12.7 Å². The van der Waals surface area contributed by atoms with E-state index in [1.165, 1.54) is 0 Å². The lowest BCUT2D eigenvalue weighted by Crippen LogP contribution is -2.22. The van der Waals surface area contributed by atoms with Gasteiger partial charge in [0.15, 0.2) is 6.61 Å². The molecule has 1 saturated carbocycles. The van der Waals surface area contributed by atoms with Crippen molar-refractivity contribution in [3.8, 4) is 0 Å². The Morgan fingerprint density at radius 1 is 1.29 bits per heavy atom. The van der Waals surface area contributed by atoms with Crippen molar-refractivity contribution in [2.24, 2.45) is 5.92 Å². The molecule has 0 aromatic heterocycles. The smallest absolute Gasteiger partial charge is 0.344 e. The van der Waals surface area contributed by atoms with Crippen LogP contribution in [-0.4, -0.2) is 37.4 Å². The third-order valence-electron chi connectivity index (χ3n) is 3.09. The SMILES string of the molecule is C=CC(=O)OCC(=O)OCC1CCC2OC2C1. The number of hydrogen-bond donors (Lipinski definition) is 0. The third-order valence-corrected chi connectivity index (χ3v) is 3.09. The van der Waals surface area contributed by atoms with Crippen LogP contribution in [0.1, 0.15) is 19.3 Å². The summed E-state index contributed by atoms with van der Waals surface area (Å²) in [5.74, 6) is -0.759. The Morgan fingerprint density at radius 3 is 2.82 bits per heavy atom. The molecule has 1 aliphatic heterocycles. The zero-order chi connectivity index (χ0) is 12.3. The molecule has 0 N–H and O–H groups in total. The van der Waals surface area contributed by atoms with Gasteiger partial charge in [0.2, 0.25) is 0 Å². The molecule has 1 saturated heterocycles. The molecule has 5 heteroatoms. The molecule has 0 spiro atoms. The van der Waals surface area contributed by atoms with E-state index >= 15 is 0 Å². The lowest BCUT2D eigenvalue weighted by molar-refractivity contribution is -0.157. The van der Waals surface area contributed by atoms with E-state index in [9.17, 15) is 9.59 Å². The van der Waals surface area contributed by atoms with Crippen LogP contribution in [0.25, 0.3) is 0 Å². The highest BCUT2D eigenvalue weighted by molar-refractivity contribution is 5.83. The fourth-order valence-corrected chi connectivity index (χ4v) is 2.08. The first-order valence-corrected chi connectivity index (χ1v) is 5.79. The van der Waals surface area contributed by atoms with E-state index in [4.69, 9.17) is 9.47 Å². The van der Waals surface area contributed by atoms with Gasteiger partial charge in [-0.3, -0.25) is 0 Å². The minimum atomic E-state index is -0.617. The summed E-state index contributed by atoms with van der Waals surface area (Å²) in [5.41, 5.74) is 0. The quantitative estimate of drug-likeness (QED) is 0.404. The molecule has 1 aliphatic carbocycles. The molecule has 0 radical (unpaired) electrons. The lowest BCUT2D eigenvalue weighted by atomic mass is 9.90. The maximum atomic E-state index is 11.2. The molecule has 0 bridgehead atoms. The number of hydrogen-bond acceptors (Lipinski definition) is 5. The molecular formula is C12H16O5. The topological polar surface area (TPSA) is 65.1 Å². The van der Waals surface area contributed by atoms with Crippen LogP contribution in [0.2, 0.25) is 0 Å². The van der Waals surface area contributed by atoms with Gasteiger partial charge in [0, 0.05) is 6.08 Å². The van der Waals surface area contributed by atoms with Crippen molar-refractivity contribution in [3.05, 3.63) is 12.7 Å². The number of esters is 2. The number of epoxide rings is 1. The summed E-state index contributed by atoms with van der Waals surface area (Å²) in [6.45, 7) is 3.27. The molecule has 0 aromatic rings. The van der Waals surface area contributed by atoms with Crippen molar-refractivity contribution < 1.29 is 23.8 Å². The van der Waals surface area contributed by atoms with Crippen molar-refractivity contribution in [2.75, 3.05) is 13.2 Å². The molecule has 0 aromatic carbocycles. The fraction of sp³-hybridized carbons (Fsp3) is 0.667. The Labute approximate surface area is 99.7 Å². The molecule has 2 rings (SSSR count). The Morgan fingerprint density at radius 2 is 2.12 bits per heavy atom. The Hall–Kier alpha value is -1.36. The minimum absolute atomic E-state index is 0.347. The zero-order valence-corrected chi connectivity index (χ0v) is 9.59. The number of fused-ring (bicyclic) bond motifs is 1. The van der Waals surface area contributed by atoms with E-state index in [1.54, 1.807) is 0 Å². The van der Waals surface area contributed by atoms with Crippen LogP contribution in [-0.2, 0) is 23.8 Å². The van der Waals surface area contributed by atoms with E-state index in [-0.39, 0.29) is 6.61 Å². The summed E-state index contributed by atoms with van der Waals surface area (Å²) in [6, 6.07) is 0. The third kappa shape index (κ3) is 3.56. The molecule has 3 atom stereocenters. The second-order valence-electron chi connectivity index (χ2n) is 4.39. The number of carbonyl (C=O) groups excluding carboxylic acids is 2. The molecule has 17 heavy (non-hydrogen) atoms. The molecule has 94 valence electrons. The number of ether oxygens (including phenoxy) is 3. The van der Waals surface area contributed by atoms with Gasteiger partial charge in [-0.05, 0) is 25.2 Å². The highest BCUT2D eigenvalue weighted by Crippen LogP contribution is 2.39. The van der Waals surface area contributed by atoms with Gasteiger partial charge >= 0.3 is 11.9 Å². The summed E-state index contributed by atoms with van der Waals surface area (Å²) >= 11 is 0. The van der Waals surface area contributed by atoms with Gasteiger partial charge in [0.25, 0.3) is 0 Å². The second-order valence-corrected chi connectivity index (χ2v) is 4.39. The first kappa shape index (κ1) is 12.1. The second kappa shape index (κ2) is 5.31. The average molecular weight is 240 g/mol. The Balaban J connectivity index is 1.59. The van der Waals surface area contributed by atoms with Crippen molar-refractivity contribution in [1.82, 2.24) is 0 Å². The minimum Gasteiger partial charge on any atom is -0.463 e. The number of rotatable bonds is 5. The van der Waals surface area contributed by atoms with Gasteiger partial charge in [0.05, 0.1) is 18.8 Å². The fourth-order valence-electron chi connectivity index (χ4n) is 2.08. The van der Waals surface area contributed by atoms with Crippen molar-refractivity contribution in [3.63, 3.8) is 0 Å². The first-order chi connectivity index (χ1) is 8.19. The standard InChI is InChI=1S/C12H16O5/c1-2-11(13)16-7-12(14)15-6-8-3-4-9-10(5-8)17-9/h2,8-10H,1,3-7H2. The van der Waals surface area contributed by atoms with Gasteiger partial charge < -0.3 is 14.2 Å². The highest BCUT2D eigenvalue weighted by atomic mass is 16.6. The van der Waals surface area contributed by atoms with Gasteiger partial charge in [0.1, 0.15) is 0 Å². The van der Waals surface area contributed by atoms with Crippen LogP contribution in [0.4, 0.5) is 0 Å². The first-order valence-electron chi connectivity index (χ1n) is 5.79. The van der Waals surface area contributed by atoms with E-state index < -0.39 is 11.9 Å². The molecule has 1 heterocycles. The largest absolute Gasteiger partial charge is 0.463 e. The van der Waals surface area contributed by atoms with E-state index in [0.717, 1.165) is 25.3 Å². The predicted molar refractivity (Wildman–Crippen MR) is 58.1 cm³/mol. The van der Waals surface area contributed by atoms with Crippen LogP contribution >= 0.6 is 0 Å². The van der Waals surface area contributed by atoms with Gasteiger partial charge in [-0.15, -0.1) is 0 Å². The monoisotopic (exact) mass is 240 g/mol. The van der Waals surface area contributed by atoms with E-state index in [0.29, 0.717) is 24.7 Å². The summed E-state index contributed by atoms with van der Waals surface area (Å²) in [7, 11) is 0. The Kier molecular flexibility index (Phi) is 3.78. The number of carbonyl (C=O) groups is 2. The van der Waals surface area contributed by atoms with E-state index in [1.807, 2.05) is 0 Å². The van der Waals surface area contributed by atoms with Crippen molar-refractivity contribution >= 4 is 11.9 Å². The summed E-state index contributed by atoms with van der Waals surface area (Å²) < 4.78 is 15.0. The predicted octanol–water partition coefficient (Wildman–Crippen LogP) is 0.826. The average Bonchev–Trinajstić information content (AvgIpc) is 3.11. The zero-order valence-electron chi connectivity index (χ0n) is 9.59. The van der Waals surface area contributed by atoms with Crippen LogP contribution in [0.3, 0.4) is 0 Å². The summed E-state index contributed by atoms with van der Waals surface area (Å²) in [5, 5.41) is 0. The van der Waals surface area contributed by atoms with E-state index in [2.05, 4.69) is 11.3 Å². The van der Waals surface area contributed by atoms with Crippen LogP contribution in [0, 0.1) is 5.92 Å². The van der Waals surface area contributed by atoms with Gasteiger partial charge in [-0.1, -0.05) is 6.58 Å². The van der Waals surface area contributed by atoms with Crippen LogP contribution < -0.4 is 0 Å². The van der Waals surface area contributed by atoms with Crippen molar-refractivity contribution in [2.45, 2.75) is 31.5 Å². The normalized spacial score (nSPS) is 30.0.